The molecule has 1 aromatic heterocycles. The van der Waals surface area contributed by atoms with Gasteiger partial charge in [0.15, 0.2) is 0 Å². The van der Waals surface area contributed by atoms with E-state index in [0.717, 1.165) is 17.5 Å². The lowest BCUT2D eigenvalue weighted by molar-refractivity contribution is -0.123. The SMILES string of the molecule is CC1CC1C(=O)NNC(=O)c1ccc(Cn2nnc(-c3ccccc3)n2)cc1. The Kier molecular flexibility index (Phi) is 4.84. The highest BCUT2D eigenvalue weighted by molar-refractivity contribution is 5.95. The Morgan fingerprint density at radius 3 is 2.46 bits per heavy atom. The summed E-state index contributed by atoms with van der Waals surface area (Å²) in [5.41, 5.74) is 7.23. The molecule has 8 heteroatoms. The van der Waals surface area contributed by atoms with Gasteiger partial charge in [0.1, 0.15) is 0 Å². The zero-order chi connectivity index (χ0) is 19.5. The highest BCUT2D eigenvalue weighted by Crippen LogP contribution is 2.37. The maximum absolute atomic E-state index is 12.1. The van der Waals surface area contributed by atoms with Crippen LogP contribution in [0.25, 0.3) is 11.4 Å². The van der Waals surface area contributed by atoms with Crippen LogP contribution in [0.3, 0.4) is 0 Å². The van der Waals surface area contributed by atoms with Gasteiger partial charge in [0, 0.05) is 17.0 Å². The summed E-state index contributed by atoms with van der Waals surface area (Å²) >= 11 is 0. The van der Waals surface area contributed by atoms with E-state index in [1.54, 1.807) is 12.1 Å². The van der Waals surface area contributed by atoms with Gasteiger partial charge in [0.05, 0.1) is 6.54 Å². The lowest BCUT2D eigenvalue weighted by atomic mass is 10.1. The van der Waals surface area contributed by atoms with E-state index in [1.807, 2.05) is 49.4 Å². The lowest BCUT2D eigenvalue weighted by Gasteiger charge is -2.07. The molecule has 0 bridgehead atoms. The van der Waals surface area contributed by atoms with Crippen molar-refractivity contribution in [2.75, 3.05) is 0 Å². The maximum Gasteiger partial charge on any atom is 0.269 e. The van der Waals surface area contributed by atoms with E-state index in [9.17, 15) is 9.59 Å². The Labute approximate surface area is 161 Å². The number of aromatic nitrogens is 4. The van der Waals surface area contributed by atoms with E-state index in [1.165, 1.54) is 4.80 Å². The van der Waals surface area contributed by atoms with Crippen molar-refractivity contribution in [1.29, 1.82) is 0 Å². The molecule has 2 unspecified atom stereocenters. The number of hydrazine groups is 1. The Bertz CT molecular complexity index is 983. The zero-order valence-electron chi connectivity index (χ0n) is 15.4. The zero-order valence-corrected chi connectivity index (χ0v) is 15.4. The summed E-state index contributed by atoms with van der Waals surface area (Å²) in [6.07, 6.45) is 0.874. The maximum atomic E-state index is 12.1. The second-order valence-corrected chi connectivity index (χ2v) is 6.97. The second-order valence-electron chi connectivity index (χ2n) is 6.97. The third-order valence-electron chi connectivity index (χ3n) is 4.77. The molecule has 1 saturated carbocycles. The standard InChI is InChI=1S/C20H20N6O2/c1-13-11-17(13)20(28)23-22-19(27)16-9-7-14(8-10-16)12-26-24-18(21-25-26)15-5-3-2-4-6-15/h2-10,13,17H,11-12H2,1H3,(H,22,27)(H,23,28). The van der Waals surface area contributed by atoms with Gasteiger partial charge in [-0.3, -0.25) is 20.4 Å². The highest BCUT2D eigenvalue weighted by Gasteiger charge is 2.39. The lowest BCUT2D eigenvalue weighted by Crippen LogP contribution is -2.42. The molecule has 4 rings (SSSR count). The third kappa shape index (κ3) is 4.06. The van der Waals surface area contributed by atoms with E-state index >= 15 is 0 Å². The first kappa shape index (κ1) is 17.8. The van der Waals surface area contributed by atoms with Gasteiger partial charge in [-0.2, -0.15) is 4.80 Å². The number of benzene rings is 2. The predicted molar refractivity (Wildman–Crippen MR) is 102 cm³/mol. The Hall–Kier alpha value is -3.55. The molecule has 142 valence electrons. The van der Waals surface area contributed by atoms with Gasteiger partial charge in [-0.25, -0.2) is 0 Å². The van der Waals surface area contributed by atoms with Gasteiger partial charge < -0.3 is 0 Å². The minimum absolute atomic E-state index is 0.0126. The molecule has 0 saturated heterocycles. The number of hydrogen-bond acceptors (Lipinski definition) is 5. The van der Waals surface area contributed by atoms with E-state index < -0.39 is 0 Å². The molecule has 3 aromatic rings. The fourth-order valence-corrected chi connectivity index (χ4v) is 2.91. The average Bonchev–Trinajstić information content (AvgIpc) is 3.28. The van der Waals surface area contributed by atoms with Crippen LogP contribution >= 0.6 is 0 Å². The van der Waals surface area contributed by atoms with Gasteiger partial charge in [-0.1, -0.05) is 49.4 Å². The van der Waals surface area contributed by atoms with Crippen LogP contribution in [0.2, 0.25) is 0 Å². The average molecular weight is 376 g/mol. The summed E-state index contributed by atoms with van der Waals surface area (Å²) in [6, 6.07) is 16.7. The number of tetrazole rings is 1. The van der Waals surface area contributed by atoms with Crippen LogP contribution in [-0.2, 0) is 11.3 Å². The Balaban J connectivity index is 1.34. The van der Waals surface area contributed by atoms with E-state index in [0.29, 0.717) is 23.9 Å². The van der Waals surface area contributed by atoms with Crippen LogP contribution in [0, 0.1) is 11.8 Å². The molecule has 0 spiro atoms. The van der Waals surface area contributed by atoms with E-state index in [-0.39, 0.29) is 17.7 Å². The van der Waals surface area contributed by atoms with E-state index in [2.05, 4.69) is 26.3 Å². The van der Waals surface area contributed by atoms with Crippen molar-refractivity contribution in [2.24, 2.45) is 11.8 Å². The first-order valence-electron chi connectivity index (χ1n) is 9.12. The van der Waals surface area contributed by atoms with Gasteiger partial charge in [-0.15, -0.1) is 10.2 Å². The second kappa shape index (κ2) is 7.59. The number of hydrogen-bond donors (Lipinski definition) is 2. The van der Waals surface area contributed by atoms with Gasteiger partial charge in [-0.05, 0) is 35.2 Å². The molecule has 0 aliphatic heterocycles. The van der Waals surface area contributed by atoms with Crippen molar-refractivity contribution in [3.05, 3.63) is 65.7 Å². The summed E-state index contributed by atoms with van der Waals surface area (Å²) in [5.74, 6) is 0.488. The van der Waals surface area contributed by atoms with Gasteiger partial charge >= 0.3 is 0 Å². The number of rotatable bonds is 5. The van der Waals surface area contributed by atoms with Crippen LogP contribution < -0.4 is 10.9 Å². The monoisotopic (exact) mass is 376 g/mol. The van der Waals surface area contributed by atoms with Crippen LogP contribution in [0.15, 0.2) is 54.6 Å². The normalized spacial score (nSPS) is 17.8. The van der Waals surface area contributed by atoms with Gasteiger partial charge in [0.25, 0.3) is 5.91 Å². The topological polar surface area (TPSA) is 102 Å². The number of amides is 2. The molecule has 1 aliphatic rings. The van der Waals surface area contributed by atoms with Crippen molar-refractivity contribution >= 4 is 11.8 Å². The first-order chi connectivity index (χ1) is 13.6. The number of nitrogens with zero attached hydrogens (tertiary/aromatic N) is 4. The molecule has 1 fully saturated rings. The molecule has 2 aromatic carbocycles. The summed E-state index contributed by atoms with van der Waals surface area (Å²) in [6.45, 7) is 2.45. The van der Waals surface area contributed by atoms with Crippen LogP contribution in [0.5, 0.6) is 0 Å². The molecule has 8 nitrogen and oxygen atoms in total. The third-order valence-corrected chi connectivity index (χ3v) is 4.77. The minimum Gasteiger partial charge on any atom is -0.273 e. The number of carbonyl (C=O) groups excluding carboxylic acids is 2. The minimum atomic E-state index is -0.349. The Morgan fingerprint density at radius 1 is 1.07 bits per heavy atom. The summed E-state index contributed by atoms with van der Waals surface area (Å²) < 4.78 is 0. The van der Waals surface area contributed by atoms with Crippen LogP contribution in [0.4, 0.5) is 0 Å². The Morgan fingerprint density at radius 2 is 1.79 bits per heavy atom. The van der Waals surface area contributed by atoms with Crippen molar-refractivity contribution in [1.82, 2.24) is 31.1 Å². The highest BCUT2D eigenvalue weighted by atomic mass is 16.2. The largest absolute Gasteiger partial charge is 0.273 e. The molecule has 2 N–H and O–H groups in total. The summed E-state index contributed by atoms with van der Waals surface area (Å²) in [4.78, 5) is 25.4. The van der Waals surface area contributed by atoms with Crippen LogP contribution in [0.1, 0.15) is 29.3 Å². The smallest absolute Gasteiger partial charge is 0.269 e. The fourth-order valence-electron chi connectivity index (χ4n) is 2.91. The first-order valence-corrected chi connectivity index (χ1v) is 9.12. The van der Waals surface area contributed by atoms with E-state index in [4.69, 9.17) is 0 Å². The summed E-state index contributed by atoms with van der Waals surface area (Å²) in [5, 5.41) is 12.5. The van der Waals surface area contributed by atoms with Crippen molar-refractivity contribution in [2.45, 2.75) is 19.9 Å². The molecular formula is C20H20N6O2. The molecule has 0 radical (unpaired) electrons. The summed E-state index contributed by atoms with van der Waals surface area (Å²) in [7, 11) is 0. The quantitative estimate of drug-likeness (QED) is 0.661. The van der Waals surface area contributed by atoms with Gasteiger partial charge in [0.2, 0.25) is 11.7 Å². The molecule has 2 amide bonds. The molecule has 28 heavy (non-hydrogen) atoms. The van der Waals surface area contributed by atoms with Crippen molar-refractivity contribution < 1.29 is 9.59 Å². The van der Waals surface area contributed by atoms with Crippen molar-refractivity contribution in [3.63, 3.8) is 0 Å². The molecule has 1 heterocycles. The number of carbonyl (C=O) groups is 2. The van der Waals surface area contributed by atoms with Crippen LogP contribution in [-0.4, -0.2) is 32.0 Å². The fraction of sp³-hybridized carbons (Fsp3) is 0.250. The molecule has 2 atom stereocenters. The molecule has 1 aliphatic carbocycles. The number of nitrogens with one attached hydrogen (secondary N) is 2. The van der Waals surface area contributed by atoms with Crippen molar-refractivity contribution in [3.8, 4) is 11.4 Å². The predicted octanol–water partition coefficient (Wildman–Crippen LogP) is 1.81. The molecular weight excluding hydrogens is 356 g/mol.